The fourth-order valence-corrected chi connectivity index (χ4v) is 3.91. The zero-order valence-electron chi connectivity index (χ0n) is 23.1. The van der Waals surface area contributed by atoms with Crippen molar-refractivity contribution in [2.45, 2.75) is 136 Å². The molecule has 0 fully saturated rings. The Labute approximate surface area is 217 Å². The Bertz CT molecular complexity index is 633. The third kappa shape index (κ3) is 14.6. The Morgan fingerprint density at radius 3 is 1.72 bits per heavy atom. The molecule has 2 unspecified atom stereocenters. The summed E-state index contributed by atoms with van der Waals surface area (Å²) in [4.78, 5) is 50.8. The molecule has 0 aliphatic carbocycles. The molecule has 36 heavy (non-hydrogen) atoms. The molecule has 0 amide bonds. The van der Waals surface area contributed by atoms with Gasteiger partial charge in [0.1, 0.15) is 0 Å². The maximum absolute atomic E-state index is 13.1. The number of ether oxygens (including phenoxy) is 3. The molecule has 0 radical (unpaired) electrons. The minimum atomic E-state index is -2.47. The first-order chi connectivity index (χ1) is 17.3. The SMILES string of the molecule is CCCCCCOC(=O)CC(O)(C(=O)OCCCCCC)C(CCCCCC)C(=O)OC(=O)CCC. The molecule has 0 aromatic carbocycles. The predicted octanol–water partition coefficient (Wildman–Crippen LogP) is 5.81. The number of unbranched alkanes of at least 4 members (excludes halogenated alkanes) is 9. The van der Waals surface area contributed by atoms with Gasteiger partial charge in [0.25, 0.3) is 0 Å². The van der Waals surface area contributed by atoms with Crippen LogP contribution in [0, 0.1) is 5.92 Å². The molecule has 0 spiro atoms. The lowest BCUT2D eigenvalue weighted by atomic mass is 9.80. The van der Waals surface area contributed by atoms with Crippen molar-refractivity contribution >= 4 is 23.9 Å². The first-order valence-electron chi connectivity index (χ1n) is 14.1. The van der Waals surface area contributed by atoms with E-state index in [0.717, 1.165) is 57.8 Å². The highest BCUT2D eigenvalue weighted by molar-refractivity contribution is 5.94. The van der Waals surface area contributed by atoms with Gasteiger partial charge in [-0.25, -0.2) is 4.79 Å². The van der Waals surface area contributed by atoms with Crippen LogP contribution < -0.4 is 0 Å². The molecule has 1 N–H and O–H groups in total. The van der Waals surface area contributed by atoms with E-state index in [2.05, 4.69) is 13.8 Å². The standard InChI is InChI=1S/C28H50O8/c1-5-9-12-15-19-23(26(31)36-24(29)18-8-4)28(33,27(32)35-21-17-14-11-7-3)22-25(30)34-20-16-13-10-6-2/h23,33H,5-22H2,1-4H3. The van der Waals surface area contributed by atoms with Crippen molar-refractivity contribution in [3.63, 3.8) is 0 Å². The second-order valence-electron chi connectivity index (χ2n) is 9.52. The Morgan fingerprint density at radius 2 is 1.19 bits per heavy atom. The third-order valence-electron chi connectivity index (χ3n) is 6.14. The fourth-order valence-electron chi connectivity index (χ4n) is 3.91. The van der Waals surface area contributed by atoms with Crippen molar-refractivity contribution in [2.75, 3.05) is 13.2 Å². The summed E-state index contributed by atoms with van der Waals surface area (Å²) in [6, 6.07) is 0. The molecule has 0 aromatic rings. The summed E-state index contributed by atoms with van der Waals surface area (Å²) in [5, 5.41) is 11.5. The van der Waals surface area contributed by atoms with Gasteiger partial charge in [0.15, 0.2) is 5.60 Å². The number of hydrogen-bond acceptors (Lipinski definition) is 8. The molecular weight excluding hydrogens is 464 g/mol. The summed E-state index contributed by atoms with van der Waals surface area (Å²) in [6.45, 7) is 8.19. The largest absolute Gasteiger partial charge is 0.466 e. The number of hydrogen-bond donors (Lipinski definition) is 1. The topological polar surface area (TPSA) is 116 Å². The monoisotopic (exact) mass is 514 g/mol. The number of carbonyl (C=O) groups is 4. The average molecular weight is 515 g/mol. The summed E-state index contributed by atoms with van der Waals surface area (Å²) in [7, 11) is 0. The van der Waals surface area contributed by atoms with Crippen LogP contribution in [0.5, 0.6) is 0 Å². The molecular formula is C28H50O8. The van der Waals surface area contributed by atoms with Gasteiger partial charge in [-0.2, -0.15) is 0 Å². The first kappa shape index (κ1) is 34.0. The van der Waals surface area contributed by atoms with E-state index < -0.39 is 41.8 Å². The number of rotatable bonds is 22. The van der Waals surface area contributed by atoms with E-state index in [1.807, 2.05) is 6.92 Å². The van der Waals surface area contributed by atoms with Crippen LogP contribution in [0.4, 0.5) is 0 Å². The maximum Gasteiger partial charge on any atom is 0.339 e. The first-order valence-corrected chi connectivity index (χ1v) is 14.1. The Hall–Kier alpha value is -1.96. The smallest absolute Gasteiger partial charge is 0.339 e. The number of aliphatic hydroxyl groups is 1. The van der Waals surface area contributed by atoms with E-state index in [9.17, 15) is 24.3 Å². The van der Waals surface area contributed by atoms with E-state index in [1.165, 1.54) is 0 Å². The van der Waals surface area contributed by atoms with Gasteiger partial charge in [-0.05, 0) is 25.7 Å². The zero-order valence-corrected chi connectivity index (χ0v) is 23.1. The molecule has 8 heteroatoms. The molecule has 8 nitrogen and oxygen atoms in total. The van der Waals surface area contributed by atoms with Crippen molar-refractivity contribution < 1.29 is 38.5 Å². The van der Waals surface area contributed by atoms with Crippen molar-refractivity contribution in [2.24, 2.45) is 5.92 Å². The van der Waals surface area contributed by atoms with Gasteiger partial charge < -0.3 is 19.3 Å². The van der Waals surface area contributed by atoms with Crippen molar-refractivity contribution in [3.05, 3.63) is 0 Å². The van der Waals surface area contributed by atoms with E-state index in [4.69, 9.17) is 14.2 Å². The lowest BCUT2D eigenvalue weighted by Gasteiger charge is -2.32. The van der Waals surface area contributed by atoms with E-state index in [1.54, 1.807) is 6.92 Å². The molecule has 0 aliphatic heterocycles. The van der Waals surface area contributed by atoms with Gasteiger partial charge in [0, 0.05) is 6.42 Å². The van der Waals surface area contributed by atoms with E-state index >= 15 is 0 Å². The minimum Gasteiger partial charge on any atom is -0.466 e. The summed E-state index contributed by atoms with van der Waals surface area (Å²) >= 11 is 0. The van der Waals surface area contributed by atoms with Gasteiger partial charge in [-0.15, -0.1) is 0 Å². The molecule has 0 heterocycles. The Balaban J connectivity index is 5.67. The van der Waals surface area contributed by atoms with Crippen LogP contribution in [0.2, 0.25) is 0 Å². The summed E-state index contributed by atoms with van der Waals surface area (Å²) < 4.78 is 15.6. The van der Waals surface area contributed by atoms with Crippen LogP contribution >= 0.6 is 0 Å². The molecule has 0 saturated carbocycles. The van der Waals surface area contributed by atoms with Crippen LogP contribution in [-0.4, -0.2) is 47.8 Å². The summed E-state index contributed by atoms with van der Waals surface area (Å²) in [5.74, 6) is -4.99. The maximum atomic E-state index is 13.1. The van der Waals surface area contributed by atoms with Crippen molar-refractivity contribution in [3.8, 4) is 0 Å². The van der Waals surface area contributed by atoms with Gasteiger partial charge in [-0.1, -0.05) is 91.9 Å². The molecule has 0 rings (SSSR count). The summed E-state index contributed by atoms with van der Waals surface area (Å²) in [5.41, 5.74) is -2.47. The average Bonchev–Trinajstić information content (AvgIpc) is 2.83. The quantitative estimate of drug-likeness (QED) is 0.0832. The van der Waals surface area contributed by atoms with Crippen LogP contribution in [0.3, 0.4) is 0 Å². The van der Waals surface area contributed by atoms with Crippen LogP contribution in [0.1, 0.15) is 130 Å². The van der Waals surface area contributed by atoms with Crippen LogP contribution in [0.25, 0.3) is 0 Å². The van der Waals surface area contributed by atoms with Gasteiger partial charge in [0.05, 0.1) is 25.6 Å². The predicted molar refractivity (Wildman–Crippen MR) is 138 cm³/mol. The van der Waals surface area contributed by atoms with Crippen molar-refractivity contribution in [1.29, 1.82) is 0 Å². The fraction of sp³-hybridized carbons (Fsp3) is 0.857. The number of carbonyl (C=O) groups excluding carboxylic acids is 4. The second kappa shape index (κ2) is 21.2. The van der Waals surface area contributed by atoms with Gasteiger partial charge >= 0.3 is 23.9 Å². The molecule has 0 aromatic heterocycles. The second-order valence-corrected chi connectivity index (χ2v) is 9.52. The lowest BCUT2D eigenvalue weighted by molar-refractivity contribution is -0.188. The van der Waals surface area contributed by atoms with Gasteiger partial charge in [0.2, 0.25) is 0 Å². The molecule has 2 atom stereocenters. The third-order valence-corrected chi connectivity index (χ3v) is 6.14. The highest BCUT2D eigenvalue weighted by atomic mass is 16.6. The molecule has 0 bridgehead atoms. The lowest BCUT2D eigenvalue weighted by Crippen LogP contribution is -2.52. The van der Waals surface area contributed by atoms with Gasteiger partial charge in [-0.3, -0.25) is 14.4 Å². The van der Waals surface area contributed by atoms with E-state index in [0.29, 0.717) is 25.7 Å². The Kier molecular flexibility index (Phi) is 20.0. The normalized spacial score (nSPS) is 13.5. The summed E-state index contributed by atoms with van der Waals surface area (Å²) in [6.07, 6.45) is 10.1. The highest BCUT2D eigenvalue weighted by Crippen LogP contribution is 2.31. The minimum absolute atomic E-state index is 0.0361. The Morgan fingerprint density at radius 1 is 0.667 bits per heavy atom. The van der Waals surface area contributed by atoms with Crippen LogP contribution in [-0.2, 0) is 33.4 Å². The van der Waals surface area contributed by atoms with E-state index in [-0.39, 0.29) is 26.1 Å². The zero-order chi connectivity index (χ0) is 27.2. The van der Waals surface area contributed by atoms with Crippen molar-refractivity contribution in [1.82, 2.24) is 0 Å². The van der Waals surface area contributed by atoms with Crippen LogP contribution in [0.15, 0.2) is 0 Å². The number of esters is 4. The highest BCUT2D eigenvalue weighted by Gasteiger charge is 2.52. The molecule has 210 valence electrons. The molecule has 0 aliphatic rings. The molecule has 0 saturated heterocycles.